The van der Waals surface area contributed by atoms with Crippen LogP contribution in [0.15, 0.2) is 42.5 Å². The van der Waals surface area contributed by atoms with Gasteiger partial charge in [-0.2, -0.15) is 0 Å². The Morgan fingerprint density at radius 3 is 2.42 bits per heavy atom. The van der Waals surface area contributed by atoms with Crippen LogP contribution in [0.25, 0.3) is 12.2 Å². The summed E-state index contributed by atoms with van der Waals surface area (Å²) in [5.74, 6) is -0.219. The SMILES string of the molecule is CN1CCC(C2(O)c3ccccc3C=Cc3ccc(F)cc32)CC1. The van der Waals surface area contributed by atoms with Crippen molar-refractivity contribution in [2.45, 2.75) is 18.4 Å². The van der Waals surface area contributed by atoms with Crippen LogP contribution in [0, 0.1) is 11.7 Å². The Bertz CT molecular complexity index is 792. The molecule has 1 atom stereocenters. The minimum atomic E-state index is -1.15. The van der Waals surface area contributed by atoms with Gasteiger partial charge in [0.2, 0.25) is 0 Å². The third-order valence-electron chi connectivity index (χ3n) is 5.55. The van der Waals surface area contributed by atoms with Crippen LogP contribution < -0.4 is 0 Å². The first-order valence-electron chi connectivity index (χ1n) is 8.57. The number of likely N-dealkylation sites (tertiary alicyclic amines) is 1. The fourth-order valence-corrected chi connectivity index (χ4v) is 4.18. The maximum atomic E-state index is 14.0. The summed E-state index contributed by atoms with van der Waals surface area (Å²) in [5, 5.41) is 12.0. The van der Waals surface area contributed by atoms with E-state index in [0.717, 1.165) is 42.6 Å². The van der Waals surface area contributed by atoms with Gasteiger partial charge < -0.3 is 10.0 Å². The summed E-state index contributed by atoms with van der Waals surface area (Å²) in [6, 6.07) is 12.7. The number of nitrogens with zero attached hydrogens (tertiary/aromatic N) is 1. The maximum Gasteiger partial charge on any atom is 0.123 e. The minimum Gasteiger partial charge on any atom is -0.380 e. The first-order valence-corrected chi connectivity index (χ1v) is 8.57. The van der Waals surface area contributed by atoms with Crippen LogP contribution in [0.1, 0.15) is 35.1 Å². The van der Waals surface area contributed by atoms with Crippen LogP contribution in [0.3, 0.4) is 0 Å². The molecular weight excluding hydrogens is 301 g/mol. The third kappa shape index (κ3) is 2.40. The normalized spacial score (nSPS) is 24.3. The molecule has 3 heteroatoms. The number of hydrogen-bond acceptors (Lipinski definition) is 2. The molecule has 1 fully saturated rings. The smallest absolute Gasteiger partial charge is 0.123 e. The molecule has 124 valence electrons. The van der Waals surface area contributed by atoms with Gasteiger partial charge in [-0.05, 0) is 73.3 Å². The van der Waals surface area contributed by atoms with Gasteiger partial charge in [-0.15, -0.1) is 0 Å². The molecule has 1 N–H and O–H groups in total. The molecule has 1 aliphatic carbocycles. The predicted octanol–water partition coefficient (Wildman–Crippen LogP) is 3.89. The lowest BCUT2D eigenvalue weighted by molar-refractivity contribution is -0.0112. The van der Waals surface area contributed by atoms with E-state index < -0.39 is 5.60 Å². The predicted molar refractivity (Wildman–Crippen MR) is 95.0 cm³/mol. The number of fused-ring (bicyclic) bond motifs is 2. The summed E-state index contributed by atoms with van der Waals surface area (Å²) in [6.07, 6.45) is 5.81. The summed E-state index contributed by atoms with van der Waals surface area (Å²) in [4.78, 5) is 2.28. The number of piperidine rings is 1. The van der Waals surface area contributed by atoms with E-state index >= 15 is 0 Å². The topological polar surface area (TPSA) is 23.5 Å². The first kappa shape index (κ1) is 15.6. The lowest BCUT2D eigenvalue weighted by Crippen LogP contribution is -2.43. The Labute approximate surface area is 142 Å². The molecule has 2 nitrogen and oxygen atoms in total. The highest BCUT2D eigenvalue weighted by Crippen LogP contribution is 2.46. The molecule has 4 rings (SSSR count). The molecule has 24 heavy (non-hydrogen) atoms. The van der Waals surface area contributed by atoms with Crippen LogP contribution >= 0.6 is 0 Å². The summed E-state index contributed by atoms with van der Waals surface area (Å²) in [5.41, 5.74) is 2.33. The van der Waals surface area contributed by atoms with Crippen LogP contribution in [0.4, 0.5) is 4.39 Å². The Balaban J connectivity index is 1.94. The standard InChI is InChI=1S/C21H22FNO/c1-23-12-10-17(11-13-23)21(24)19-5-3-2-4-15(19)6-7-16-8-9-18(22)14-20(16)21/h2-9,14,17,24H,10-13H2,1H3. The van der Waals surface area contributed by atoms with Crippen LogP contribution in [0.2, 0.25) is 0 Å². The van der Waals surface area contributed by atoms with E-state index in [1.807, 2.05) is 36.4 Å². The molecule has 0 radical (unpaired) electrons. The molecule has 2 aromatic carbocycles. The Morgan fingerprint density at radius 1 is 1.00 bits per heavy atom. The summed E-state index contributed by atoms with van der Waals surface area (Å²) >= 11 is 0. The van der Waals surface area contributed by atoms with Gasteiger partial charge in [0.1, 0.15) is 11.4 Å². The molecule has 1 saturated heterocycles. The van der Waals surface area contributed by atoms with Crippen LogP contribution in [-0.4, -0.2) is 30.1 Å². The zero-order chi connectivity index (χ0) is 16.7. The average Bonchev–Trinajstić information content (AvgIpc) is 2.72. The molecule has 1 heterocycles. The van der Waals surface area contributed by atoms with Crippen molar-refractivity contribution in [3.63, 3.8) is 0 Å². The van der Waals surface area contributed by atoms with E-state index in [1.165, 1.54) is 12.1 Å². The molecule has 1 aliphatic heterocycles. The highest BCUT2D eigenvalue weighted by molar-refractivity contribution is 5.77. The van der Waals surface area contributed by atoms with Crippen molar-refractivity contribution >= 4 is 12.2 Å². The van der Waals surface area contributed by atoms with Gasteiger partial charge in [0.25, 0.3) is 0 Å². The highest BCUT2D eigenvalue weighted by atomic mass is 19.1. The second kappa shape index (κ2) is 5.83. The largest absolute Gasteiger partial charge is 0.380 e. The average molecular weight is 323 g/mol. The number of rotatable bonds is 1. The molecule has 0 saturated carbocycles. The van der Waals surface area contributed by atoms with Crippen molar-refractivity contribution in [3.8, 4) is 0 Å². The lowest BCUT2D eigenvalue weighted by Gasteiger charge is -2.42. The Morgan fingerprint density at radius 2 is 1.67 bits per heavy atom. The van der Waals surface area contributed by atoms with E-state index in [2.05, 4.69) is 11.9 Å². The molecular formula is C21H22FNO. The zero-order valence-electron chi connectivity index (χ0n) is 13.9. The van der Waals surface area contributed by atoms with Gasteiger partial charge in [0, 0.05) is 0 Å². The molecule has 2 aromatic rings. The van der Waals surface area contributed by atoms with Gasteiger partial charge in [0.05, 0.1) is 0 Å². The van der Waals surface area contributed by atoms with Gasteiger partial charge in [-0.25, -0.2) is 4.39 Å². The molecule has 2 aliphatic rings. The molecule has 0 spiro atoms. The summed E-state index contributed by atoms with van der Waals surface area (Å²) in [7, 11) is 2.11. The van der Waals surface area contributed by atoms with Crippen molar-refractivity contribution < 1.29 is 9.50 Å². The number of benzene rings is 2. The van der Waals surface area contributed by atoms with Crippen LogP contribution in [0.5, 0.6) is 0 Å². The van der Waals surface area contributed by atoms with E-state index in [4.69, 9.17) is 0 Å². The van der Waals surface area contributed by atoms with Crippen molar-refractivity contribution in [3.05, 3.63) is 70.5 Å². The lowest BCUT2D eigenvalue weighted by atomic mass is 9.70. The number of aliphatic hydroxyl groups is 1. The second-order valence-corrected chi connectivity index (χ2v) is 7.00. The minimum absolute atomic E-state index is 0.0790. The first-order chi connectivity index (χ1) is 11.6. The van der Waals surface area contributed by atoms with E-state index in [-0.39, 0.29) is 11.7 Å². The summed E-state index contributed by atoms with van der Waals surface area (Å²) < 4.78 is 14.0. The van der Waals surface area contributed by atoms with Crippen molar-refractivity contribution in [2.24, 2.45) is 5.92 Å². The molecule has 1 unspecified atom stereocenters. The zero-order valence-corrected chi connectivity index (χ0v) is 13.9. The monoisotopic (exact) mass is 323 g/mol. The highest BCUT2D eigenvalue weighted by Gasteiger charge is 2.44. The van der Waals surface area contributed by atoms with Gasteiger partial charge in [-0.3, -0.25) is 0 Å². The van der Waals surface area contributed by atoms with Gasteiger partial charge >= 0.3 is 0 Å². The third-order valence-corrected chi connectivity index (χ3v) is 5.55. The van der Waals surface area contributed by atoms with E-state index in [1.54, 1.807) is 6.07 Å². The van der Waals surface area contributed by atoms with Gasteiger partial charge in [0.15, 0.2) is 0 Å². The fourth-order valence-electron chi connectivity index (χ4n) is 4.18. The van der Waals surface area contributed by atoms with Crippen LogP contribution in [-0.2, 0) is 5.60 Å². The Hall–Kier alpha value is -1.97. The van der Waals surface area contributed by atoms with Crippen molar-refractivity contribution in [2.75, 3.05) is 20.1 Å². The molecule has 0 amide bonds. The quantitative estimate of drug-likeness (QED) is 0.861. The number of halogens is 1. The summed E-state index contributed by atoms with van der Waals surface area (Å²) in [6.45, 7) is 1.90. The second-order valence-electron chi connectivity index (χ2n) is 7.00. The maximum absolute atomic E-state index is 14.0. The molecule has 0 aromatic heterocycles. The van der Waals surface area contributed by atoms with Gasteiger partial charge in [-0.1, -0.05) is 42.5 Å². The van der Waals surface area contributed by atoms with E-state index in [9.17, 15) is 9.50 Å². The Kier molecular flexibility index (Phi) is 3.78. The number of hydrogen-bond donors (Lipinski definition) is 1. The fraction of sp³-hybridized carbons (Fsp3) is 0.333. The van der Waals surface area contributed by atoms with Crippen molar-refractivity contribution in [1.82, 2.24) is 4.90 Å². The molecule has 0 bridgehead atoms. The van der Waals surface area contributed by atoms with E-state index in [0.29, 0.717) is 5.56 Å². The van der Waals surface area contributed by atoms with Crippen molar-refractivity contribution in [1.29, 1.82) is 0 Å².